The fourth-order valence-corrected chi connectivity index (χ4v) is 2.19. The Bertz CT molecular complexity index is 803. The predicted molar refractivity (Wildman–Crippen MR) is 86.2 cm³/mol. The number of carbonyl (C=O) groups excluding carboxylic acids is 3. The topological polar surface area (TPSA) is 116 Å². The molecule has 2 aromatic rings. The van der Waals surface area contributed by atoms with E-state index in [-0.39, 0.29) is 17.5 Å². The Morgan fingerprint density at radius 2 is 1.96 bits per heavy atom. The summed E-state index contributed by atoms with van der Waals surface area (Å²) >= 11 is 0. The number of rotatable bonds is 6. The summed E-state index contributed by atoms with van der Waals surface area (Å²) in [5.41, 5.74) is 1.81. The van der Waals surface area contributed by atoms with Crippen LogP contribution in [0.25, 0.3) is 11.4 Å². The molecular formula is C17H18N2O6. The van der Waals surface area contributed by atoms with Crippen LogP contribution in [0.5, 0.6) is 0 Å². The molecule has 0 aliphatic heterocycles. The van der Waals surface area contributed by atoms with Gasteiger partial charge in [-0.15, -0.1) is 0 Å². The minimum absolute atomic E-state index is 0.165. The summed E-state index contributed by atoms with van der Waals surface area (Å²) in [7, 11) is 1.58. The Balaban J connectivity index is 0.000000970. The number of imidazole rings is 1. The minimum atomic E-state index is -1.02. The van der Waals surface area contributed by atoms with Crippen molar-refractivity contribution in [1.29, 1.82) is 0 Å². The second kappa shape index (κ2) is 9.27. The summed E-state index contributed by atoms with van der Waals surface area (Å²) < 4.78 is 6.80. The van der Waals surface area contributed by atoms with Crippen LogP contribution in [0.2, 0.25) is 0 Å². The molecule has 2 rings (SSSR count). The van der Waals surface area contributed by atoms with Crippen molar-refractivity contribution in [2.45, 2.75) is 20.4 Å². The van der Waals surface area contributed by atoms with Gasteiger partial charge in [-0.05, 0) is 13.0 Å². The van der Waals surface area contributed by atoms with E-state index in [4.69, 9.17) is 14.3 Å². The SMILES string of the molecule is COCCn1cc(C(C)=O)nc1-c1ccc(C)cc1C(=O)O.O=C=O. The number of Topliss-reactive ketones (excluding diaryl/α,β-unsaturated/α-hetero) is 1. The van der Waals surface area contributed by atoms with Crippen LogP contribution in [0, 0.1) is 6.92 Å². The number of ketones is 1. The first kappa shape index (κ1) is 20.0. The molecule has 0 fully saturated rings. The highest BCUT2D eigenvalue weighted by Gasteiger charge is 2.18. The number of aromatic carboxylic acids is 1. The van der Waals surface area contributed by atoms with E-state index < -0.39 is 5.97 Å². The van der Waals surface area contributed by atoms with Crippen molar-refractivity contribution < 1.29 is 29.0 Å². The van der Waals surface area contributed by atoms with Gasteiger partial charge in [-0.2, -0.15) is 9.59 Å². The monoisotopic (exact) mass is 346 g/mol. The Morgan fingerprint density at radius 3 is 2.48 bits per heavy atom. The van der Waals surface area contributed by atoms with Crippen LogP contribution in [0.4, 0.5) is 0 Å². The van der Waals surface area contributed by atoms with Crippen LogP contribution in [0.15, 0.2) is 24.4 Å². The molecule has 8 heteroatoms. The largest absolute Gasteiger partial charge is 0.478 e. The Hall–Kier alpha value is -3.09. The second-order valence-electron chi connectivity index (χ2n) is 5.13. The molecule has 1 aromatic heterocycles. The normalized spacial score (nSPS) is 9.72. The number of carboxylic acids is 1. The van der Waals surface area contributed by atoms with Gasteiger partial charge in [-0.25, -0.2) is 9.78 Å². The third-order valence-corrected chi connectivity index (χ3v) is 3.32. The van der Waals surface area contributed by atoms with E-state index in [9.17, 15) is 14.7 Å². The molecule has 1 heterocycles. The molecule has 0 aliphatic carbocycles. The number of methoxy groups -OCH3 is 1. The number of carboxylic acid groups (broad SMARTS) is 1. The van der Waals surface area contributed by atoms with Gasteiger partial charge in [0.1, 0.15) is 11.5 Å². The number of aromatic nitrogens is 2. The summed E-state index contributed by atoms with van der Waals surface area (Å²) in [6, 6.07) is 5.14. The molecule has 0 amide bonds. The lowest BCUT2D eigenvalue weighted by Crippen LogP contribution is -2.08. The zero-order valence-electron chi connectivity index (χ0n) is 14.1. The van der Waals surface area contributed by atoms with Crippen molar-refractivity contribution in [3.8, 4) is 11.4 Å². The quantitative estimate of drug-likeness (QED) is 0.793. The lowest BCUT2D eigenvalue weighted by atomic mass is 10.0. The highest BCUT2D eigenvalue weighted by atomic mass is 16.5. The number of carbonyl (C=O) groups is 2. The van der Waals surface area contributed by atoms with E-state index in [0.717, 1.165) is 5.56 Å². The maximum Gasteiger partial charge on any atom is 0.373 e. The van der Waals surface area contributed by atoms with Crippen molar-refractivity contribution in [3.63, 3.8) is 0 Å². The zero-order chi connectivity index (χ0) is 19.0. The van der Waals surface area contributed by atoms with Gasteiger partial charge in [-0.3, -0.25) is 4.79 Å². The van der Waals surface area contributed by atoms with Gasteiger partial charge in [0, 0.05) is 32.3 Å². The molecular weight excluding hydrogens is 328 g/mol. The Labute approximate surface area is 144 Å². The molecule has 0 saturated heterocycles. The van der Waals surface area contributed by atoms with Gasteiger partial charge in [0.25, 0.3) is 0 Å². The van der Waals surface area contributed by atoms with Crippen LogP contribution in [-0.4, -0.2) is 46.3 Å². The third kappa shape index (κ3) is 5.20. The van der Waals surface area contributed by atoms with Crippen molar-refractivity contribution in [2.75, 3.05) is 13.7 Å². The highest BCUT2D eigenvalue weighted by molar-refractivity contribution is 5.96. The van der Waals surface area contributed by atoms with E-state index in [1.165, 1.54) is 6.92 Å². The van der Waals surface area contributed by atoms with E-state index in [2.05, 4.69) is 4.98 Å². The third-order valence-electron chi connectivity index (χ3n) is 3.32. The summed E-state index contributed by atoms with van der Waals surface area (Å²) in [5.74, 6) is -0.731. The number of ether oxygens (including phenoxy) is 1. The van der Waals surface area contributed by atoms with Crippen molar-refractivity contribution in [2.24, 2.45) is 0 Å². The van der Waals surface area contributed by atoms with Crippen LogP contribution < -0.4 is 0 Å². The highest BCUT2D eigenvalue weighted by Crippen LogP contribution is 2.25. The smallest absolute Gasteiger partial charge is 0.373 e. The first-order valence-corrected chi connectivity index (χ1v) is 7.26. The Kier molecular flexibility index (Phi) is 7.40. The van der Waals surface area contributed by atoms with Crippen molar-refractivity contribution in [1.82, 2.24) is 9.55 Å². The lowest BCUT2D eigenvalue weighted by molar-refractivity contribution is -0.191. The number of nitrogens with zero attached hydrogens (tertiary/aromatic N) is 2. The second-order valence-corrected chi connectivity index (χ2v) is 5.13. The predicted octanol–water partition coefficient (Wildman–Crippen LogP) is 1.82. The van der Waals surface area contributed by atoms with Gasteiger partial charge in [0.05, 0.1) is 12.2 Å². The van der Waals surface area contributed by atoms with Gasteiger partial charge >= 0.3 is 12.1 Å². The molecule has 1 aromatic carbocycles. The average molecular weight is 346 g/mol. The molecule has 8 nitrogen and oxygen atoms in total. The maximum atomic E-state index is 11.6. The van der Waals surface area contributed by atoms with Gasteiger partial charge < -0.3 is 14.4 Å². The van der Waals surface area contributed by atoms with E-state index in [0.29, 0.717) is 30.2 Å². The Morgan fingerprint density at radius 1 is 1.32 bits per heavy atom. The molecule has 0 atom stereocenters. The van der Waals surface area contributed by atoms with Gasteiger partial charge in [0.15, 0.2) is 5.78 Å². The number of hydrogen-bond donors (Lipinski definition) is 1. The fraction of sp³-hybridized carbons (Fsp3) is 0.294. The van der Waals surface area contributed by atoms with Crippen LogP contribution in [-0.2, 0) is 20.9 Å². The van der Waals surface area contributed by atoms with E-state index in [1.54, 1.807) is 30.0 Å². The maximum absolute atomic E-state index is 11.6. The standard InChI is InChI=1S/C16H18N2O4.CO2/c1-10-4-5-12(13(8-10)16(20)21)15-17-14(11(2)19)9-18(15)6-7-22-3;2-1-3/h4-5,8-9H,6-7H2,1-3H3,(H,20,21);. The molecule has 0 aliphatic rings. The minimum Gasteiger partial charge on any atom is -0.478 e. The summed E-state index contributed by atoms with van der Waals surface area (Å²) in [6.07, 6.45) is 1.88. The number of hydrogen-bond acceptors (Lipinski definition) is 6. The fourth-order valence-electron chi connectivity index (χ4n) is 2.19. The van der Waals surface area contributed by atoms with Gasteiger partial charge in [0.2, 0.25) is 0 Å². The van der Waals surface area contributed by atoms with Gasteiger partial charge in [-0.1, -0.05) is 17.7 Å². The summed E-state index contributed by atoms with van der Waals surface area (Å²) in [5, 5.41) is 9.41. The summed E-state index contributed by atoms with van der Waals surface area (Å²) in [4.78, 5) is 43.6. The molecule has 0 bridgehead atoms. The van der Waals surface area contributed by atoms with Crippen LogP contribution >= 0.6 is 0 Å². The molecule has 0 unspecified atom stereocenters. The van der Waals surface area contributed by atoms with Crippen LogP contribution in [0.3, 0.4) is 0 Å². The van der Waals surface area contributed by atoms with E-state index >= 15 is 0 Å². The molecule has 0 radical (unpaired) electrons. The molecule has 0 spiro atoms. The average Bonchev–Trinajstić information content (AvgIpc) is 2.97. The van der Waals surface area contributed by atoms with E-state index in [1.807, 2.05) is 13.0 Å². The number of aryl methyl sites for hydroxylation is 1. The molecule has 1 N–H and O–H groups in total. The number of benzene rings is 1. The van der Waals surface area contributed by atoms with Crippen molar-refractivity contribution in [3.05, 3.63) is 41.2 Å². The summed E-state index contributed by atoms with van der Waals surface area (Å²) in [6.45, 7) is 4.18. The first-order chi connectivity index (χ1) is 11.8. The zero-order valence-corrected chi connectivity index (χ0v) is 14.1. The van der Waals surface area contributed by atoms with Crippen molar-refractivity contribution >= 4 is 17.9 Å². The molecule has 132 valence electrons. The molecule has 0 saturated carbocycles. The first-order valence-electron chi connectivity index (χ1n) is 7.26. The van der Waals surface area contributed by atoms with Crippen LogP contribution in [0.1, 0.15) is 33.3 Å². The molecule has 25 heavy (non-hydrogen) atoms. The lowest BCUT2D eigenvalue weighted by Gasteiger charge is -2.10.